The number of benzene rings is 1. The number of methoxy groups -OCH3 is 1. The second-order valence-electron chi connectivity index (χ2n) is 4.71. The van der Waals surface area contributed by atoms with E-state index in [1.54, 1.807) is 19.2 Å². The Kier molecular flexibility index (Phi) is 4.93. The van der Waals surface area contributed by atoms with Crippen molar-refractivity contribution < 1.29 is 9.13 Å². The van der Waals surface area contributed by atoms with E-state index >= 15 is 0 Å². The molecule has 0 amide bonds. The molecule has 3 nitrogen and oxygen atoms in total. The van der Waals surface area contributed by atoms with Gasteiger partial charge in [0.1, 0.15) is 11.6 Å². The lowest BCUT2D eigenvalue weighted by molar-refractivity contribution is 0.171. The van der Waals surface area contributed by atoms with Crippen molar-refractivity contribution in [2.45, 2.75) is 12.5 Å². The molecule has 1 N–H and O–H groups in total. The van der Waals surface area contributed by atoms with Crippen molar-refractivity contribution in [3.05, 3.63) is 42.2 Å². The third-order valence-electron chi connectivity index (χ3n) is 3.53. The van der Waals surface area contributed by atoms with Gasteiger partial charge in [0.2, 0.25) is 0 Å². The van der Waals surface area contributed by atoms with Crippen LogP contribution in [-0.2, 0) is 0 Å². The van der Waals surface area contributed by atoms with Gasteiger partial charge in [-0.3, -0.25) is 4.90 Å². The molecule has 19 heavy (non-hydrogen) atoms. The first-order valence-corrected chi connectivity index (χ1v) is 6.65. The number of halogens is 1. The van der Waals surface area contributed by atoms with Crippen LogP contribution in [0.5, 0.6) is 5.75 Å². The van der Waals surface area contributed by atoms with E-state index in [1.807, 2.05) is 6.08 Å². The lowest BCUT2D eigenvalue weighted by Crippen LogP contribution is -2.45. The number of rotatable bonds is 5. The molecule has 0 saturated carbocycles. The van der Waals surface area contributed by atoms with Gasteiger partial charge >= 0.3 is 0 Å². The van der Waals surface area contributed by atoms with Gasteiger partial charge in [-0.25, -0.2) is 4.39 Å². The molecular formula is C15H21FN2O. The summed E-state index contributed by atoms with van der Waals surface area (Å²) >= 11 is 0. The van der Waals surface area contributed by atoms with Crippen LogP contribution in [0.4, 0.5) is 4.39 Å². The van der Waals surface area contributed by atoms with E-state index in [4.69, 9.17) is 4.74 Å². The molecule has 1 aromatic carbocycles. The second kappa shape index (κ2) is 6.68. The fraction of sp³-hybridized carbons (Fsp3) is 0.467. The first-order valence-electron chi connectivity index (χ1n) is 6.65. The summed E-state index contributed by atoms with van der Waals surface area (Å²) in [5.74, 6) is 0.520. The number of nitrogens with zero attached hydrogens (tertiary/aromatic N) is 1. The van der Waals surface area contributed by atoms with Crippen LogP contribution in [0.15, 0.2) is 30.9 Å². The Hall–Kier alpha value is -1.39. The highest BCUT2D eigenvalue weighted by Crippen LogP contribution is 2.32. The van der Waals surface area contributed by atoms with Crippen LogP contribution in [0.1, 0.15) is 18.0 Å². The van der Waals surface area contributed by atoms with E-state index in [-0.39, 0.29) is 11.9 Å². The molecule has 4 heteroatoms. The summed E-state index contributed by atoms with van der Waals surface area (Å²) in [7, 11) is 1.62. The molecule has 1 aromatic rings. The van der Waals surface area contributed by atoms with Crippen molar-refractivity contribution in [2.75, 3.05) is 33.3 Å². The van der Waals surface area contributed by atoms with Gasteiger partial charge in [0.05, 0.1) is 7.11 Å². The number of hydrogen-bond acceptors (Lipinski definition) is 3. The van der Waals surface area contributed by atoms with Crippen LogP contribution in [0.2, 0.25) is 0 Å². The Morgan fingerprint density at radius 2 is 2.21 bits per heavy atom. The van der Waals surface area contributed by atoms with Crippen LogP contribution in [0.25, 0.3) is 0 Å². The standard InChI is InChI=1S/C15H21FN2O/c1-3-4-14(18-9-7-17-8-10-18)13-11-12(16)5-6-15(13)19-2/h3,5-6,11,14,17H,1,4,7-10H2,2H3/t14-/m0/s1. The lowest BCUT2D eigenvalue weighted by Gasteiger charge is -2.35. The minimum absolute atomic E-state index is 0.130. The zero-order valence-corrected chi connectivity index (χ0v) is 11.4. The van der Waals surface area contributed by atoms with Gasteiger partial charge in [-0.05, 0) is 24.6 Å². The molecule has 0 bridgehead atoms. The van der Waals surface area contributed by atoms with Gasteiger partial charge in [0, 0.05) is 37.8 Å². The average Bonchev–Trinajstić information content (AvgIpc) is 2.45. The summed E-state index contributed by atoms with van der Waals surface area (Å²) in [6, 6.07) is 4.84. The molecular weight excluding hydrogens is 243 g/mol. The molecule has 2 rings (SSSR count). The molecule has 1 aliphatic heterocycles. The van der Waals surface area contributed by atoms with Crippen LogP contribution in [0.3, 0.4) is 0 Å². The predicted octanol–water partition coefficient (Wildman–Crippen LogP) is 2.36. The van der Waals surface area contributed by atoms with E-state index in [2.05, 4.69) is 16.8 Å². The van der Waals surface area contributed by atoms with Gasteiger partial charge in [-0.15, -0.1) is 6.58 Å². The summed E-state index contributed by atoms with van der Waals surface area (Å²) in [6.07, 6.45) is 2.68. The molecule has 0 aliphatic carbocycles. The molecule has 104 valence electrons. The summed E-state index contributed by atoms with van der Waals surface area (Å²) in [4.78, 5) is 2.36. The summed E-state index contributed by atoms with van der Waals surface area (Å²) in [6.45, 7) is 7.66. The number of hydrogen-bond donors (Lipinski definition) is 1. The largest absolute Gasteiger partial charge is 0.496 e. The van der Waals surface area contributed by atoms with E-state index in [1.165, 1.54) is 6.07 Å². The van der Waals surface area contributed by atoms with Gasteiger partial charge in [0.15, 0.2) is 0 Å². The third-order valence-corrected chi connectivity index (χ3v) is 3.53. The highest BCUT2D eigenvalue weighted by atomic mass is 19.1. The molecule has 0 spiro atoms. The van der Waals surface area contributed by atoms with Crippen molar-refractivity contribution >= 4 is 0 Å². The first-order chi connectivity index (χ1) is 9.26. The molecule has 0 unspecified atom stereocenters. The molecule has 1 fully saturated rings. The maximum absolute atomic E-state index is 13.5. The van der Waals surface area contributed by atoms with E-state index < -0.39 is 0 Å². The summed E-state index contributed by atoms with van der Waals surface area (Å²) < 4.78 is 18.9. The quantitative estimate of drug-likeness (QED) is 0.826. The van der Waals surface area contributed by atoms with Crippen molar-refractivity contribution in [3.8, 4) is 5.75 Å². The Morgan fingerprint density at radius 3 is 2.84 bits per heavy atom. The molecule has 1 aliphatic rings. The molecule has 1 saturated heterocycles. The first kappa shape index (κ1) is 14.0. The predicted molar refractivity (Wildman–Crippen MR) is 74.9 cm³/mol. The monoisotopic (exact) mass is 264 g/mol. The second-order valence-corrected chi connectivity index (χ2v) is 4.71. The topological polar surface area (TPSA) is 24.5 Å². The van der Waals surface area contributed by atoms with Crippen molar-refractivity contribution in [1.29, 1.82) is 0 Å². The Balaban J connectivity index is 2.31. The Bertz CT molecular complexity index is 430. The highest BCUT2D eigenvalue weighted by molar-refractivity contribution is 5.37. The van der Waals surface area contributed by atoms with Gasteiger partial charge < -0.3 is 10.1 Å². The molecule has 0 radical (unpaired) electrons. The van der Waals surface area contributed by atoms with Crippen LogP contribution >= 0.6 is 0 Å². The Morgan fingerprint density at radius 1 is 1.47 bits per heavy atom. The third kappa shape index (κ3) is 3.33. The maximum atomic E-state index is 13.5. The molecule has 1 heterocycles. The van der Waals surface area contributed by atoms with E-state index in [0.29, 0.717) is 0 Å². The van der Waals surface area contributed by atoms with Gasteiger partial charge in [0.25, 0.3) is 0 Å². The van der Waals surface area contributed by atoms with Crippen LogP contribution < -0.4 is 10.1 Å². The molecule has 0 aromatic heterocycles. The Labute approximate surface area is 114 Å². The normalized spacial score (nSPS) is 18.0. The average molecular weight is 264 g/mol. The fourth-order valence-corrected chi connectivity index (χ4v) is 2.59. The fourth-order valence-electron chi connectivity index (χ4n) is 2.59. The SMILES string of the molecule is C=CC[C@@H](c1cc(F)ccc1OC)N1CCNCC1. The van der Waals surface area contributed by atoms with Crippen molar-refractivity contribution in [3.63, 3.8) is 0 Å². The number of nitrogens with one attached hydrogen (secondary N) is 1. The highest BCUT2D eigenvalue weighted by Gasteiger charge is 2.24. The minimum Gasteiger partial charge on any atom is -0.496 e. The van der Waals surface area contributed by atoms with E-state index in [9.17, 15) is 4.39 Å². The van der Waals surface area contributed by atoms with Crippen molar-refractivity contribution in [1.82, 2.24) is 10.2 Å². The number of piperazine rings is 1. The number of ether oxygens (including phenoxy) is 1. The van der Waals surface area contributed by atoms with Crippen LogP contribution in [-0.4, -0.2) is 38.2 Å². The minimum atomic E-state index is -0.222. The zero-order valence-electron chi connectivity index (χ0n) is 11.4. The lowest BCUT2D eigenvalue weighted by atomic mass is 10.00. The van der Waals surface area contributed by atoms with Crippen LogP contribution in [0, 0.1) is 5.82 Å². The van der Waals surface area contributed by atoms with Gasteiger partial charge in [-0.2, -0.15) is 0 Å². The summed E-state index contributed by atoms with van der Waals surface area (Å²) in [5.41, 5.74) is 0.907. The van der Waals surface area contributed by atoms with E-state index in [0.717, 1.165) is 43.9 Å². The zero-order chi connectivity index (χ0) is 13.7. The smallest absolute Gasteiger partial charge is 0.123 e. The molecule has 1 atom stereocenters. The van der Waals surface area contributed by atoms with Gasteiger partial charge in [-0.1, -0.05) is 6.08 Å². The maximum Gasteiger partial charge on any atom is 0.123 e. The summed E-state index contributed by atoms with van der Waals surface area (Å²) in [5, 5.41) is 3.33. The van der Waals surface area contributed by atoms with Crippen molar-refractivity contribution in [2.24, 2.45) is 0 Å².